The normalized spacial score (nSPS) is 25.9. The Morgan fingerprint density at radius 1 is 1.27 bits per heavy atom. The van der Waals surface area contributed by atoms with Gasteiger partial charge in [-0.15, -0.1) is 0 Å². The molecule has 0 aromatic heterocycles. The van der Waals surface area contributed by atoms with Gasteiger partial charge in [0, 0.05) is 0 Å². The van der Waals surface area contributed by atoms with E-state index in [1.54, 1.807) is 7.11 Å². The van der Waals surface area contributed by atoms with Crippen LogP contribution in [0.5, 0.6) is 5.75 Å². The Morgan fingerprint density at radius 3 is 2.64 bits per heavy atom. The highest BCUT2D eigenvalue weighted by atomic mass is 32.3. The standard InChI is InChI=1S/C15H21NO5S/c1-20-12-5-6-13-11(10-12)4-7-14(21-22(17,18)19)15(13)16-8-2-3-9-16/h5-6,10,14-15H,2-4,7-9H2,1H3,(H,17,18,19)/t14-,15-/m1/s1. The molecule has 0 unspecified atom stereocenters. The average Bonchev–Trinajstić information content (AvgIpc) is 2.98. The second kappa shape index (κ2) is 6.16. The van der Waals surface area contributed by atoms with Gasteiger partial charge in [-0.25, -0.2) is 4.18 Å². The van der Waals surface area contributed by atoms with Crippen LogP contribution >= 0.6 is 0 Å². The molecule has 1 aromatic carbocycles. The Labute approximate surface area is 131 Å². The summed E-state index contributed by atoms with van der Waals surface area (Å²) in [6, 6.07) is 5.73. The Bertz CT molecular complexity index is 639. The number of fused-ring (bicyclic) bond motifs is 1. The minimum absolute atomic E-state index is 0.140. The molecule has 2 atom stereocenters. The van der Waals surface area contributed by atoms with Crippen molar-refractivity contribution in [2.24, 2.45) is 0 Å². The maximum atomic E-state index is 11.2. The molecule has 1 fully saturated rings. The summed E-state index contributed by atoms with van der Waals surface area (Å²) in [6.45, 7) is 1.84. The van der Waals surface area contributed by atoms with Gasteiger partial charge < -0.3 is 4.74 Å². The number of hydrogen-bond donors (Lipinski definition) is 1. The number of benzene rings is 1. The molecule has 1 heterocycles. The molecule has 0 bridgehead atoms. The summed E-state index contributed by atoms with van der Waals surface area (Å²) in [5.41, 5.74) is 2.23. The first-order valence-electron chi connectivity index (χ1n) is 7.54. The number of methoxy groups -OCH3 is 1. The molecular formula is C15H21NO5S. The molecule has 3 rings (SSSR count). The van der Waals surface area contributed by atoms with Crippen molar-refractivity contribution < 1.29 is 21.9 Å². The zero-order valence-corrected chi connectivity index (χ0v) is 13.4. The lowest BCUT2D eigenvalue weighted by Crippen LogP contribution is -2.40. The van der Waals surface area contributed by atoms with Crippen LogP contribution < -0.4 is 4.74 Å². The van der Waals surface area contributed by atoms with E-state index in [-0.39, 0.29) is 6.04 Å². The molecule has 1 N–H and O–H groups in total. The van der Waals surface area contributed by atoms with Crippen molar-refractivity contribution >= 4 is 10.4 Å². The molecule has 122 valence electrons. The summed E-state index contributed by atoms with van der Waals surface area (Å²) in [5.74, 6) is 0.799. The Kier molecular flexibility index (Phi) is 4.40. The summed E-state index contributed by atoms with van der Waals surface area (Å²) < 4.78 is 41.6. The van der Waals surface area contributed by atoms with Crippen molar-refractivity contribution in [3.05, 3.63) is 29.3 Å². The predicted molar refractivity (Wildman–Crippen MR) is 81.3 cm³/mol. The van der Waals surface area contributed by atoms with Crippen LogP contribution in [0.25, 0.3) is 0 Å². The van der Waals surface area contributed by atoms with E-state index in [0.29, 0.717) is 12.8 Å². The van der Waals surface area contributed by atoms with Gasteiger partial charge in [-0.1, -0.05) is 6.07 Å². The van der Waals surface area contributed by atoms with Crippen molar-refractivity contribution in [1.29, 1.82) is 0 Å². The van der Waals surface area contributed by atoms with Gasteiger partial charge >= 0.3 is 10.4 Å². The first kappa shape index (κ1) is 15.7. The third kappa shape index (κ3) is 3.27. The number of likely N-dealkylation sites (tertiary alicyclic amines) is 1. The Morgan fingerprint density at radius 2 is 2.00 bits per heavy atom. The highest BCUT2D eigenvalue weighted by molar-refractivity contribution is 7.80. The molecule has 0 radical (unpaired) electrons. The quantitative estimate of drug-likeness (QED) is 0.852. The zero-order valence-electron chi connectivity index (χ0n) is 12.6. The van der Waals surface area contributed by atoms with E-state index in [2.05, 4.69) is 4.90 Å². The van der Waals surface area contributed by atoms with Crippen LogP contribution in [0.3, 0.4) is 0 Å². The smallest absolute Gasteiger partial charge is 0.397 e. The lowest BCUT2D eigenvalue weighted by molar-refractivity contribution is 0.0620. The third-order valence-electron chi connectivity index (χ3n) is 4.50. The summed E-state index contributed by atoms with van der Waals surface area (Å²) in [7, 11) is -2.82. The maximum Gasteiger partial charge on any atom is 0.397 e. The summed E-state index contributed by atoms with van der Waals surface area (Å²) in [6.07, 6.45) is 2.91. The fourth-order valence-corrected chi connectivity index (χ4v) is 4.09. The SMILES string of the molecule is COc1ccc2c(c1)CC[C@@H](OS(=O)(=O)O)[C@@H]2N1CCCC1. The van der Waals surface area contributed by atoms with Crippen LogP contribution in [0.1, 0.15) is 36.4 Å². The van der Waals surface area contributed by atoms with Crippen molar-refractivity contribution in [3.63, 3.8) is 0 Å². The predicted octanol–water partition coefficient (Wildman–Crippen LogP) is 1.97. The van der Waals surface area contributed by atoms with Crippen molar-refractivity contribution in [1.82, 2.24) is 4.90 Å². The monoisotopic (exact) mass is 327 g/mol. The van der Waals surface area contributed by atoms with Gasteiger partial charge in [0.25, 0.3) is 0 Å². The Hall–Kier alpha value is -1.15. The molecule has 2 aliphatic rings. The minimum atomic E-state index is -4.45. The first-order chi connectivity index (χ1) is 10.5. The molecule has 1 aromatic rings. The summed E-state index contributed by atoms with van der Waals surface area (Å²) in [5, 5.41) is 0. The van der Waals surface area contributed by atoms with Crippen LogP contribution in [-0.2, 0) is 21.0 Å². The fourth-order valence-electron chi connectivity index (χ4n) is 3.58. The molecule has 7 heteroatoms. The van der Waals surface area contributed by atoms with Crippen molar-refractivity contribution in [3.8, 4) is 5.75 Å². The fraction of sp³-hybridized carbons (Fsp3) is 0.600. The van der Waals surface area contributed by atoms with Gasteiger partial charge in [0.05, 0.1) is 19.3 Å². The van der Waals surface area contributed by atoms with Crippen LogP contribution in [0, 0.1) is 0 Å². The van der Waals surface area contributed by atoms with Crippen molar-refractivity contribution in [2.45, 2.75) is 37.8 Å². The Balaban J connectivity index is 1.96. The molecule has 1 saturated heterocycles. The highest BCUT2D eigenvalue weighted by Gasteiger charge is 2.38. The molecule has 1 aliphatic carbocycles. The van der Waals surface area contributed by atoms with Gasteiger partial charge in [-0.05, 0) is 62.0 Å². The topological polar surface area (TPSA) is 76.1 Å². The van der Waals surface area contributed by atoms with E-state index in [1.807, 2.05) is 18.2 Å². The highest BCUT2D eigenvalue weighted by Crippen LogP contribution is 2.39. The molecular weight excluding hydrogens is 306 g/mol. The number of nitrogens with zero attached hydrogens (tertiary/aromatic N) is 1. The van der Waals surface area contributed by atoms with Crippen LogP contribution in [-0.4, -0.2) is 44.2 Å². The van der Waals surface area contributed by atoms with E-state index in [4.69, 9.17) is 13.5 Å². The third-order valence-corrected chi connectivity index (χ3v) is 4.99. The van der Waals surface area contributed by atoms with Crippen LogP contribution in [0.4, 0.5) is 0 Å². The van der Waals surface area contributed by atoms with Gasteiger partial charge in [-0.2, -0.15) is 8.42 Å². The molecule has 0 spiro atoms. The number of aryl methyl sites for hydroxylation is 1. The molecule has 0 saturated carbocycles. The number of ether oxygens (including phenoxy) is 1. The molecule has 1 aliphatic heterocycles. The largest absolute Gasteiger partial charge is 0.497 e. The van der Waals surface area contributed by atoms with E-state index in [1.165, 1.54) is 0 Å². The first-order valence-corrected chi connectivity index (χ1v) is 8.91. The lowest BCUT2D eigenvalue weighted by Gasteiger charge is -2.38. The summed E-state index contributed by atoms with van der Waals surface area (Å²) in [4.78, 5) is 2.25. The second-order valence-corrected chi connectivity index (χ2v) is 6.90. The lowest BCUT2D eigenvalue weighted by atomic mass is 9.84. The minimum Gasteiger partial charge on any atom is -0.497 e. The van der Waals surface area contributed by atoms with Gasteiger partial charge in [-0.3, -0.25) is 9.45 Å². The van der Waals surface area contributed by atoms with E-state index in [9.17, 15) is 8.42 Å². The van der Waals surface area contributed by atoms with Gasteiger partial charge in [0.1, 0.15) is 5.75 Å². The van der Waals surface area contributed by atoms with Crippen LogP contribution in [0.2, 0.25) is 0 Å². The maximum absolute atomic E-state index is 11.2. The van der Waals surface area contributed by atoms with E-state index >= 15 is 0 Å². The molecule has 22 heavy (non-hydrogen) atoms. The van der Waals surface area contributed by atoms with Gasteiger partial charge in [0.15, 0.2) is 0 Å². The van der Waals surface area contributed by atoms with Gasteiger partial charge in [0.2, 0.25) is 0 Å². The van der Waals surface area contributed by atoms with Crippen molar-refractivity contribution in [2.75, 3.05) is 20.2 Å². The summed E-state index contributed by atoms with van der Waals surface area (Å²) >= 11 is 0. The number of hydrogen-bond acceptors (Lipinski definition) is 5. The zero-order chi connectivity index (χ0) is 15.7. The molecule has 0 amide bonds. The molecule has 6 nitrogen and oxygen atoms in total. The second-order valence-electron chi connectivity index (χ2n) is 5.85. The van der Waals surface area contributed by atoms with E-state index in [0.717, 1.165) is 42.8 Å². The van der Waals surface area contributed by atoms with Crippen LogP contribution in [0.15, 0.2) is 18.2 Å². The number of rotatable bonds is 4. The van der Waals surface area contributed by atoms with E-state index < -0.39 is 16.5 Å². The average molecular weight is 327 g/mol.